The molecule has 2 atom stereocenters. The summed E-state index contributed by atoms with van der Waals surface area (Å²) in [4.78, 5) is 24.1. The molecule has 2 N–H and O–H groups in total. The average molecular weight is 324 g/mol. The summed E-state index contributed by atoms with van der Waals surface area (Å²) in [6.07, 6.45) is 0.843. The van der Waals surface area contributed by atoms with E-state index >= 15 is 0 Å². The Morgan fingerprint density at radius 1 is 1.04 bits per heavy atom. The third-order valence-electron chi connectivity index (χ3n) is 4.25. The van der Waals surface area contributed by atoms with Crippen LogP contribution in [0.1, 0.15) is 23.5 Å². The maximum atomic E-state index is 12.0. The van der Waals surface area contributed by atoms with Gasteiger partial charge >= 0.3 is 11.8 Å². The van der Waals surface area contributed by atoms with Gasteiger partial charge in [0.25, 0.3) is 0 Å². The molecule has 1 aliphatic rings. The van der Waals surface area contributed by atoms with Crippen LogP contribution in [-0.4, -0.2) is 25.0 Å². The second-order valence-electron chi connectivity index (χ2n) is 5.96. The number of hydrogen-bond acceptors (Lipinski definition) is 3. The third-order valence-corrected chi connectivity index (χ3v) is 4.25. The van der Waals surface area contributed by atoms with Gasteiger partial charge in [-0.2, -0.15) is 0 Å². The molecule has 2 amide bonds. The summed E-state index contributed by atoms with van der Waals surface area (Å²) in [7, 11) is 1.63. The molecule has 24 heavy (non-hydrogen) atoms. The Hall–Kier alpha value is -2.82. The first-order valence-electron chi connectivity index (χ1n) is 7.90. The van der Waals surface area contributed by atoms with Crippen LogP contribution >= 0.6 is 0 Å². The van der Waals surface area contributed by atoms with Crippen molar-refractivity contribution in [3.05, 3.63) is 59.7 Å². The van der Waals surface area contributed by atoms with Crippen molar-refractivity contribution >= 4 is 17.5 Å². The Morgan fingerprint density at radius 3 is 2.42 bits per heavy atom. The number of aryl methyl sites for hydroxylation is 1. The summed E-state index contributed by atoms with van der Waals surface area (Å²) >= 11 is 0. The van der Waals surface area contributed by atoms with Crippen molar-refractivity contribution < 1.29 is 14.3 Å². The summed E-state index contributed by atoms with van der Waals surface area (Å²) in [6, 6.07) is 15.1. The van der Waals surface area contributed by atoms with Gasteiger partial charge in [-0.25, -0.2) is 0 Å². The summed E-state index contributed by atoms with van der Waals surface area (Å²) in [6.45, 7) is 1.88. The van der Waals surface area contributed by atoms with E-state index in [-0.39, 0.29) is 12.0 Å². The molecule has 5 nitrogen and oxygen atoms in total. The first-order valence-corrected chi connectivity index (χ1v) is 7.90. The van der Waals surface area contributed by atoms with Gasteiger partial charge in [-0.1, -0.05) is 30.3 Å². The smallest absolute Gasteiger partial charge is 0.313 e. The molecule has 1 aliphatic carbocycles. The van der Waals surface area contributed by atoms with E-state index in [1.807, 2.05) is 49.4 Å². The Balaban J connectivity index is 1.54. The number of ether oxygens (including phenoxy) is 1. The monoisotopic (exact) mass is 324 g/mol. The van der Waals surface area contributed by atoms with Crippen LogP contribution in [0.25, 0.3) is 0 Å². The van der Waals surface area contributed by atoms with Crippen LogP contribution in [0.2, 0.25) is 0 Å². The van der Waals surface area contributed by atoms with E-state index in [0.29, 0.717) is 5.69 Å². The number of rotatable bonds is 4. The van der Waals surface area contributed by atoms with Gasteiger partial charge in [0, 0.05) is 17.6 Å². The van der Waals surface area contributed by atoms with E-state index in [4.69, 9.17) is 4.74 Å². The Kier molecular flexibility index (Phi) is 4.51. The molecule has 2 aromatic rings. The van der Waals surface area contributed by atoms with Gasteiger partial charge in [-0.15, -0.1) is 0 Å². The number of anilines is 1. The van der Waals surface area contributed by atoms with Crippen molar-refractivity contribution in [3.8, 4) is 5.75 Å². The van der Waals surface area contributed by atoms with Gasteiger partial charge in [0.1, 0.15) is 5.75 Å². The van der Waals surface area contributed by atoms with Gasteiger partial charge in [0.15, 0.2) is 0 Å². The number of nitrogens with one attached hydrogen (secondary N) is 2. The lowest BCUT2D eigenvalue weighted by atomic mass is 10.1. The highest BCUT2D eigenvalue weighted by Crippen LogP contribution is 2.41. The molecule has 0 radical (unpaired) electrons. The van der Waals surface area contributed by atoms with Crippen molar-refractivity contribution in [2.75, 3.05) is 12.4 Å². The van der Waals surface area contributed by atoms with Crippen molar-refractivity contribution in [2.24, 2.45) is 0 Å². The molecule has 2 aromatic carbocycles. The van der Waals surface area contributed by atoms with Gasteiger partial charge in [-0.05, 0) is 42.7 Å². The van der Waals surface area contributed by atoms with Crippen LogP contribution < -0.4 is 15.4 Å². The number of carbonyl (C=O) groups is 2. The van der Waals surface area contributed by atoms with Crippen molar-refractivity contribution in [3.63, 3.8) is 0 Å². The molecule has 124 valence electrons. The van der Waals surface area contributed by atoms with E-state index in [0.717, 1.165) is 23.3 Å². The van der Waals surface area contributed by atoms with Gasteiger partial charge in [0.05, 0.1) is 7.11 Å². The molecule has 5 heteroatoms. The molecular formula is C19H20N2O3. The average Bonchev–Trinajstić information content (AvgIpc) is 3.36. The summed E-state index contributed by atoms with van der Waals surface area (Å²) in [5.74, 6) is -0.173. The minimum absolute atomic E-state index is 0.00788. The quantitative estimate of drug-likeness (QED) is 0.850. The number of para-hydroxylation sites is 1. The summed E-state index contributed by atoms with van der Waals surface area (Å²) in [5.41, 5.74) is 2.71. The molecule has 0 heterocycles. The normalized spacial score (nSPS) is 18.6. The number of hydrogen-bond donors (Lipinski definition) is 2. The zero-order valence-corrected chi connectivity index (χ0v) is 13.7. The zero-order valence-electron chi connectivity index (χ0n) is 13.7. The first kappa shape index (κ1) is 16.1. The van der Waals surface area contributed by atoms with E-state index in [1.165, 1.54) is 0 Å². The molecule has 1 saturated carbocycles. The molecule has 1 fully saturated rings. The Labute approximate surface area is 141 Å². The van der Waals surface area contributed by atoms with Crippen LogP contribution in [0.15, 0.2) is 48.5 Å². The topological polar surface area (TPSA) is 67.4 Å². The maximum absolute atomic E-state index is 12.0. The number of methoxy groups -OCH3 is 1. The number of carbonyl (C=O) groups excluding carboxylic acids is 2. The largest absolute Gasteiger partial charge is 0.497 e. The van der Waals surface area contributed by atoms with E-state index in [9.17, 15) is 9.59 Å². The lowest BCUT2D eigenvalue weighted by molar-refractivity contribution is -0.136. The second kappa shape index (κ2) is 6.74. The summed E-state index contributed by atoms with van der Waals surface area (Å²) < 4.78 is 5.14. The van der Waals surface area contributed by atoms with Crippen molar-refractivity contribution in [1.82, 2.24) is 5.32 Å². The Bertz CT molecular complexity index is 755. The predicted molar refractivity (Wildman–Crippen MR) is 92.1 cm³/mol. The molecule has 0 unspecified atom stereocenters. The first-order chi connectivity index (χ1) is 11.6. The van der Waals surface area contributed by atoms with Gasteiger partial charge in [0.2, 0.25) is 0 Å². The predicted octanol–water partition coefficient (Wildman–Crippen LogP) is 2.61. The summed E-state index contributed by atoms with van der Waals surface area (Å²) in [5, 5.41) is 5.43. The number of amides is 2. The molecule has 0 aliphatic heterocycles. The molecule has 0 aromatic heterocycles. The molecule has 0 spiro atoms. The van der Waals surface area contributed by atoms with Crippen LogP contribution in [0, 0.1) is 6.92 Å². The van der Waals surface area contributed by atoms with Crippen molar-refractivity contribution in [1.29, 1.82) is 0 Å². The number of benzene rings is 2. The highest BCUT2D eigenvalue weighted by atomic mass is 16.5. The minimum atomic E-state index is -0.635. The van der Waals surface area contributed by atoms with Gasteiger partial charge in [-0.3, -0.25) is 9.59 Å². The molecular weight excluding hydrogens is 304 g/mol. The Morgan fingerprint density at radius 2 is 1.75 bits per heavy atom. The minimum Gasteiger partial charge on any atom is -0.497 e. The zero-order chi connectivity index (χ0) is 17.1. The van der Waals surface area contributed by atoms with Crippen molar-refractivity contribution in [2.45, 2.75) is 25.3 Å². The molecule has 0 saturated heterocycles. The molecule has 0 bridgehead atoms. The van der Waals surface area contributed by atoms with Crippen LogP contribution in [0.5, 0.6) is 5.75 Å². The standard InChI is InChI=1S/C19H20N2O3/c1-12-5-3-4-6-16(12)20-18(22)19(23)21-17-11-15(17)13-7-9-14(24-2)10-8-13/h3-10,15,17H,11H2,1-2H3,(H,20,22)(H,21,23)/t15-,17+/m0/s1. The SMILES string of the molecule is COc1ccc([C@@H]2C[C@H]2NC(=O)C(=O)Nc2ccccc2C)cc1. The fourth-order valence-electron chi connectivity index (χ4n) is 2.70. The van der Waals surface area contributed by atoms with Crippen LogP contribution in [0.3, 0.4) is 0 Å². The highest BCUT2D eigenvalue weighted by Gasteiger charge is 2.40. The maximum Gasteiger partial charge on any atom is 0.313 e. The highest BCUT2D eigenvalue weighted by molar-refractivity contribution is 6.39. The fourth-order valence-corrected chi connectivity index (χ4v) is 2.70. The van der Waals surface area contributed by atoms with Crippen LogP contribution in [-0.2, 0) is 9.59 Å². The third kappa shape index (κ3) is 3.56. The lowest BCUT2D eigenvalue weighted by Crippen LogP contribution is -2.37. The van der Waals surface area contributed by atoms with E-state index < -0.39 is 11.8 Å². The van der Waals surface area contributed by atoms with Gasteiger partial charge < -0.3 is 15.4 Å². The second-order valence-corrected chi connectivity index (χ2v) is 5.96. The van der Waals surface area contributed by atoms with E-state index in [1.54, 1.807) is 13.2 Å². The lowest BCUT2D eigenvalue weighted by Gasteiger charge is -2.08. The molecule has 3 rings (SSSR count). The fraction of sp³-hybridized carbons (Fsp3) is 0.263. The van der Waals surface area contributed by atoms with Crippen LogP contribution in [0.4, 0.5) is 5.69 Å². The van der Waals surface area contributed by atoms with E-state index in [2.05, 4.69) is 10.6 Å².